The summed E-state index contributed by atoms with van der Waals surface area (Å²) in [5.74, 6) is -3.26. The van der Waals surface area contributed by atoms with Gasteiger partial charge in [-0.1, -0.05) is 32.1 Å². The number of hydrogen-bond acceptors (Lipinski definition) is 12. The van der Waals surface area contributed by atoms with Gasteiger partial charge in [0, 0.05) is 50.0 Å². The van der Waals surface area contributed by atoms with Gasteiger partial charge in [0.05, 0.1) is 49.8 Å². The molecule has 22 heteroatoms. The summed E-state index contributed by atoms with van der Waals surface area (Å²) < 4.78 is 108. The zero-order valence-electron chi connectivity index (χ0n) is 33.7. The van der Waals surface area contributed by atoms with Crippen molar-refractivity contribution in [3.8, 4) is 0 Å². The number of halogens is 2. The number of rotatable bonds is 17. The molecule has 2 aromatic carbocycles. The molecule has 0 radical (unpaired) electrons. The van der Waals surface area contributed by atoms with Crippen LogP contribution in [0.2, 0.25) is 0 Å². The summed E-state index contributed by atoms with van der Waals surface area (Å²) in [5, 5.41) is 11.2. The van der Waals surface area contributed by atoms with E-state index in [4.69, 9.17) is 9.29 Å². The molecule has 6 rings (SSSR count). The number of esters is 1. The van der Waals surface area contributed by atoms with Gasteiger partial charge >= 0.3 is 11.9 Å². The van der Waals surface area contributed by atoms with Crippen LogP contribution in [0.4, 0.5) is 11.4 Å². The number of hydrogen-bond donors (Lipinski definition) is 4. The maximum Gasteiger partial charge on any atom is 0.348 e. The van der Waals surface area contributed by atoms with E-state index in [1.54, 1.807) is 12.1 Å². The van der Waals surface area contributed by atoms with Crippen LogP contribution in [0.25, 0.3) is 20.2 Å². The van der Waals surface area contributed by atoms with Crippen molar-refractivity contribution >= 4 is 134 Å². The van der Waals surface area contributed by atoms with Gasteiger partial charge in [-0.3, -0.25) is 13.7 Å². The van der Waals surface area contributed by atoms with Crippen molar-refractivity contribution in [2.45, 2.75) is 57.8 Å². The van der Waals surface area contributed by atoms with Crippen molar-refractivity contribution in [2.24, 2.45) is 0 Å². The number of aromatic carboxylic acids is 1. The van der Waals surface area contributed by atoms with Crippen LogP contribution < -0.4 is 4.90 Å². The standard InChI is InChI=1S/C40H42Br2N2O13S5/c1-39(2)25-21-27(41)35-23(19-29(58-35)37(45)46)33(25)43(13-8-16-60(48,49)50)31(39)11-6-5-7-12-32-40(3,4)26-22-28(42)36-24(34(26)44(32)14-9-17-61(51,52)53)20-30(59-36)38(47)57-15-10-18-62(54,55)56/h5-7,11-12,19-22H,8-10,13-18H2,1-4H3,(H3-,45,46,48,49,50,51,52,53,54,55,56)/p+1. The zero-order valence-corrected chi connectivity index (χ0v) is 41.0. The highest BCUT2D eigenvalue weighted by molar-refractivity contribution is 9.11. The van der Waals surface area contributed by atoms with E-state index in [-0.39, 0.29) is 48.7 Å². The van der Waals surface area contributed by atoms with Crippen LogP contribution in [0.5, 0.6) is 0 Å². The number of carbonyl (C=O) groups is 2. The number of fused-ring (bicyclic) bond motifs is 6. The molecule has 0 saturated carbocycles. The predicted molar refractivity (Wildman–Crippen MR) is 249 cm³/mol. The van der Waals surface area contributed by atoms with Crippen LogP contribution in [0.15, 0.2) is 69.3 Å². The lowest BCUT2D eigenvalue weighted by Crippen LogP contribution is -2.28. The van der Waals surface area contributed by atoms with Crippen molar-refractivity contribution in [3.63, 3.8) is 0 Å². The number of allylic oxidation sites excluding steroid dienone is 6. The van der Waals surface area contributed by atoms with E-state index in [0.29, 0.717) is 19.9 Å². The molecule has 2 aromatic heterocycles. The van der Waals surface area contributed by atoms with Crippen LogP contribution in [0.3, 0.4) is 0 Å². The van der Waals surface area contributed by atoms with Gasteiger partial charge in [-0.15, -0.1) is 22.7 Å². The van der Waals surface area contributed by atoms with Crippen molar-refractivity contribution in [3.05, 3.63) is 90.2 Å². The molecule has 62 heavy (non-hydrogen) atoms. The number of carbonyl (C=O) groups excluding carboxylic acids is 1. The molecule has 0 aliphatic carbocycles. The first kappa shape index (κ1) is 48.1. The van der Waals surface area contributed by atoms with Gasteiger partial charge in [0.15, 0.2) is 5.71 Å². The third-order valence-electron chi connectivity index (χ3n) is 10.7. The largest absolute Gasteiger partial charge is 0.477 e. The Morgan fingerprint density at radius 1 is 0.758 bits per heavy atom. The molecule has 2 aliphatic rings. The van der Waals surface area contributed by atoms with E-state index in [1.165, 1.54) is 0 Å². The van der Waals surface area contributed by atoms with Crippen molar-refractivity contribution < 1.29 is 62.9 Å². The number of nitrogens with zero attached hydrogens (tertiary/aromatic N) is 2. The summed E-state index contributed by atoms with van der Waals surface area (Å²) in [6.07, 6.45) is 9.35. The summed E-state index contributed by atoms with van der Waals surface area (Å²) in [4.78, 5) is 27.4. The number of carboxylic acids is 1. The smallest absolute Gasteiger partial charge is 0.348 e. The highest BCUT2D eigenvalue weighted by Crippen LogP contribution is 2.54. The van der Waals surface area contributed by atoms with Gasteiger partial charge in [-0.05, 0) is 94.5 Å². The Bertz CT molecular complexity index is 2980. The van der Waals surface area contributed by atoms with Gasteiger partial charge in [0.25, 0.3) is 30.4 Å². The number of benzene rings is 2. The third kappa shape index (κ3) is 10.3. The van der Waals surface area contributed by atoms with Gasteiger partial charge in [-0.2, -0.15) is 29.8 Å². The van der Waals surface area contributed by atoms with Crippen molar-refractivity contribution in [1.82, 2.24) is 0 Å². The van der Waals surface area contributed by atoms with E-state index in [9.17, 15) is 49.1 Å². The van der Waals surface area contributed by atoms with Gasteiger partial charge in [-0.25, -0.2) is 9.59 Å². The minimum Gasteiger partial charge on any atom is -0.477 e. The maximum absolute atomic E-state index is 13.1. The summed E-state index contributed by atoms with van der Waals surface area (Å²) in [6, 6.07) is 7.19. The maximum atomic E-state index is 13.1. The van der Waals surface area contributed by atoms with E-state index >= 15 is 0 Å². The molecule has 4 heterocycles. The fourth-order valence-corrected chi connectivity index (χ4v) is 12.6. The second-order valence-electron chi connectivity index (χ2n) is 15.8. The molecule has 4 N–H and O–H groups in total. The topological polar surface area (TPSA) is 233 Å². The molecule has 15 nitrogen and oxygen atoms in total. The first-order valence-corrected chi connectivity index (χ1v) is 27.0. The highest BCUT2D eigenvalue weighted by Gasteiger charge is 2.46. The van der Waals surface area contributed by atoms with Crippen molar-refractivity contribution in [2.75, 3.05) is 41.9 Å². The molecule has 0 amide bonds. The molecular weight excluding hydrogens is 1040 g/mol. The Morgan fingerprint density at radius 3 is 1.95 bits per heavy atom. The molecule has 0 spiro atoms. The summed E-state index contributed by atoms with van der Waals surface area (Å²) in [7, 11) is -12.7. The molecule has 4 aromatic rings. The molecule has 0 bridgehead atoms. The summed E-state index contributed by atoms with van der Waals surface area (Å²) >= 11 is 9.58. The van der Waals surface area contributed by atoms with E-state index in [0.717, 1.165) is 65.8 Å². The lowest BCUT2D eigenvalue weighted by Gasteiger charge is -2.27. The van der Waals surface area contributed by atoms with Crippen molar-refractivity contribution in [1.29, 1.82) is 0 Å². The van der Waals surface area contributed by atoms with Crippen LogP contribution in [0, 0.1) is 0 Å². The molecule has 0 saturated heterocycles. The fourth-order valence-electron chi connectivity index (χ4n) is 7.94. The lowest BCUT2D eigenvalue weighted by molar-refractivity contribution is -0.435. The summed E-state index contributed by atoms with van der Waals surface area (Å²) in [6.45, 7) is 8.23. The SMILES string of the molecule is CC1(C)C(/C=C/C=C/C=C2/N(CCCS(=O)(=O)O)c3c(cc(Br)c4sc(C(=O)OCCCS(=O)(=O)O)cc34)C2(C)C)=[N+](CCCS(=O)(=O)O)c2c1cc(Br)c1sc(C(=O)O)cc21. The Hall–Kier alpha value is -3.32. The molecule has 2 aliphatic heterocycles. The first-order chi connectivity index (χ1) is 28.7. The fraction of sp³-hybridized carbons (Fsp3) is 0.375. The van der Waals surface area contributed by atoms with Gasteiger partial charge < -0.3 is 14.7 Å². The van der Waals surface area contributed by atoms with E-state index in [2.05, 4.69) is 31.9 Å². The second kappa shape index (κ2) is 17.9. The summed E-state index contributed by atoms with van der Waals surface area (Å²) in [5.41, 5.74) is 3.58. The Morgan fingerprint density at radius 2 is 1.32 bits per heavy atom. The zero-order chi connectivity index (χ0) is 45.7. The molecule has 0 fully saturated rings. The molecule has 0 atom stereocenters. The molecule has 334 valence electrons. The first-order valence-electron chi connectivity index (χ1n) is 19.0. The average Bonchev–Trinajstić information content (AvgIpc) is 3.88. The molecular formula is C40H43Br2N2O13S5+. The molecule has 0 unspecified atom stereocenters. The minimum atomic E-state index is -4.28. The Kier molecular flexibility index (Phi) is 13.9. The lowest BCUT2D eigenvalue weighted by atomic mass is 9.81. The number of carboxylic acid groups (broad SMARTS) is 1. The Balaban J connectivity index is 1.38. The van der Waals surface area contributed by atoms with Crippen LogP contribution in [0.1, 0.15) is 77.4 Å². The normalized spacial score (nSPS) is 17.0. The number of ether oxygens (including phenoxy) is 1. The quantitative estimate of drug-likeness (QED) is 0.0255. The Labute approximate surface area is 384 Å². The monoisotopic (exact) mass is 1080 g/mol. The van der Waals surface area contributed by atoms with Crippen LogP contribution in [-0.2, 0) is 45.9 Å². The highest BCUT2D eigenvalue weighted by atomic mass is 79.9. The second-order valence-corrected chi connectivity index (χ2v) is 24.3. The van der Waals surface area contributed by atoms with Crippen LogP contribution >= 0.6 is 54.5 Å². The number of thiophene rings is 2. The average molecular weight is 1080 g/mol. The van der Waals surface area contributed by atoms with E-state index in [1.807, 2.05) is 79.7 Å². The number of anilines is 1. The van der Waals surface area contributed by atoms with E-state index < -0.39 is 70.4 Å². The third-order valence-corrected chi connectivity index (χ3v) is 17.2. The predicted octanol–water partition coefficient (Wildman–Crippen LogP) is 8.50. The minimum absolute atomic E-state index is 0.0719. The van der Waals surface area contributed by atoms with Gasteiger partial charge in [0.2, 0.25) is 5.69 Å². The van der Waals surface area contributed by atoms with Gasteiger partial charge in [0.1, 0.15) is 16.3 Å². The van der Waals surface area contributed by atoms with Crippen LogP contribution in [-0.4, -0.2) is 103 Å².